The number of hydrogen-bond acceptors (Lipinski definition) is 8. The highest BCUT2D eigenvalue weighted by Crippen LogP contribution is 2.36. The van der Waals surface area contributed by atoms with Gasteiger partial charge in [-0.3, -0.25) is 43.9 Å². The summed E-state index contributed by atoms with van der Waals surface area (Å²) in [6.45, 7) is -0.103. The molecule has 168 valence electrons. The van der Waals surface area contributed by atoms with Gasteiger partial charge in [0.15, 0.2) is 0 Å². The number of carbonyl (C=O) groups excluding carboxylic acids is 2. The van der Waals surface area contributed by atoms with Crippen molar-refractivity contribution in [3.63, 3.8) is 0 Å². The van der Waals surface area contributed by atoms with Gasteiger partial charge in [0.25, 0.3) is 22.5 Å². The Bertz CT molecular complexity index is 1450. The molecule has 1 aliphatic rings. The van der Waals surface area contributed by atoms with E-state index in [1.165, 1.54) is 65.7 Å². The largest absolute Gasteiger partial charge is 0.328 e. The molecule has 0 unspecified atom stereocenters. The van der Waals surface area contributed by atoms with Crippen LogP contribution in [-0.4, -0.2) is 35.0 Å². The van der Waals surface area contributed by atoms with Crippen LogP contribution in [-0.2, 0) is 25.4 Å². The van der Waals surface area contributed by atoms with Gasteiger partial charge in [-0.15, -0.1) is 0 Å². The van der Waals surface area contributed by atoms with Crippen LogP contribution in [0.5, 0.6) is 0 Å². The van der Waals surface area contributed by atoms with Crippen molar-refractivity contribution in [3.8, 4) is 0 Å². The lowest BCUT2D eigenvalue weighted by molar-refractivity contribution is -0.385. The summed E-state index contributed by atoms with van der Waals surface area (Å²) in [5, 5.41) is 21.8. The van der Waals surface area contributed by atoms with E-state index in [1.807, 2.05) is 0 Å². The maximum Gasteiger partial charge on any atom is 0.328 e. The molecule has 2 heterocycles. The molecule has 0 atom stereocenters. The number of nitrogens with zero attached hydrogens (tertiary/aromatic N) is 5. The third kappa shape index (κ3) is 3.78. The van der Waals surface area contributed by atoms with Crippen molar-refractivity contribution in [1.29, 1.82) is 0 Å². The first-order valence-electron chi connectivity index (χ1n) is 9.41. The lowest BCUT2D eigenvalue weighted by Gasteiger charge is -2.12. The third-order valence-electron chi connectivity index (χ3n) is 5.27. The molecule has 33 heavy (non-hydrogen) atoms. The highest BCUT2D eigenvalue weighted by molar-refractivity contribution is 8.18. The zero-order chi connectivity index (χ0) is 24.0. The summed E-state index contributed by atoms with van der Waals surface area (Å²) in [4.78, 5) is 59.7. The number of fused-ring (bicyclic) bond motifs is 1. The average molecular weight is 469 g/mol. The van der Waals surface area contributed by atoms with Crippen LogP contribution in [0.1, 0.15) is 11.1 Å². The van der Waals surface area contributed by atoms with Gasteiger partial charge in [0, 0.05) is 32.3 Å². The predicted molar refractivity (Wildman–Crippen MR) is 119 cm³/mol. The van der Waals surface area contributed by atoms with Crippen LogP contribution in [0.4, 0.5) is 16.2 Å². The monoisotopic (exact) mass is 469 g/mol. The van der Waals surface area contributed by atoms with Crippen LogP contribution in [0.3, 0.4) is 0 Å². The van der Waals surface area contributed by atoms with Gasteiger partial charge in [0.2, 0.25) is 0 Å². The number of hydrogen-bond donors (Lipinski definition) is 0. The van der Waals surface area contributed by atoms with E-state index in [9.17, 15) is 34.6 Å². The summed E-state index contributed by atoms with van der Waals surface area (Å²) >= 11 is 0.636. The Morgan fingerprint density at radius 2 is 1.55 bits per heavy atom. The predicted octanol–water partition coefficient (Wildman–Crippen LogP) is 2.93. The molecule has 4 rings (SSSR count). The Morgan fingerprint density at radius 1 is 0.939 bits per heavy atom. The maximum absolute atomic E-state index is 12.8. The molecule has 0 aliphatic carbocycles. The van der Waals surface area contributed by atoms with Crippen LogP contribution in [0, 0.1) is 20.2 Å². The SMILES string of the molecule is Cn1c(=O)n(C)c2cc([N+](=O)[O-])c(/C=C3\SC(=O)N(Cc4ccc([N+](=O)[O-])cc4)C3=O)cc21. The number of nitro groups is 2. The van der Waals surface area contributed by atoms with E-state index in [2.05, 4.69) is 0 Å². The standard InChI is InChI=1S/C20H15N5O7S/c1-21-15-7-12(14(25(31)32)9-16(15)22(2)19(21)27)8-17-18(26)23(20(28)33-17)10-11-3-5-13(6-4-11)24(29)30/h3-9H,10H2,1-2H3/b17-8-. The van der Waals surface area contributed by atoms with Crippen LogP contribution >= 0.6 is 11.8 Å². The summed E-state index contributed by atoms with van der Waals surface area (Å²) in [6.07, 6.45) is 1.26. The number of non-ortho nitro benzene ring substituents is 1. The van der Waals surface area contributed by atoms with E-state index in [4.69, 9.17) is 0 Å². The summed E-state index contributed by atoms with van der Waals surface area (Å²) in [5.74, 6) is -0.639. The van der Waals surface area contributed by atoms with Crippen molar-refractivity contribution in [2.45, 2.75) is 6.54 Å². The lowest BCUT2D eigenvalue weighted by atomic mass is 10.1. The Labute approximate surface area is 189 Å². The molecule has 1 aliphatic heterocycles. The van der Waals surface area contributed by atoms with Crippen molar-refractivity contribution in [3.05, 3.63) is 83.1 Å². The Morgan fingerprint density at radius 3 is 2.12 bits per heavy atom. The normalized spacial score (nSPS) is 15.1. The minimum atomic E-state index is -0.639. The molecule has 3 aromatic rings. The van der Waals surface area contributed by atoms with E-state index >= 15 is 0 Å². The van der Waals surface area contributed by atoms with Gasteiger partial charge in [0.05, 0.1) is 37.9 Å². The Kier molecular flexibility index (Phi) is 5.33. The van der Waals surface area contributed by atoms with E-state index in [0.717, 1.165) is 4.90 Å². The minimum Gasteiger partial charge on any atom is -0.295 e. The molecule has 0 radical (unpaired) electrons. The third-order valence-corrected chi connectivity index (χ3v) is 6.17. The summed E-state index contributed by atoms with van der Waals surface area (Å²) in [7, 11) is 3.02. The molecular formula is C20H15N5O7S. The molecule has 2 amide bonds. The second kappa shape index (κ2) is 8.02. The zero-order valence-corrected chi connectivity index (χ0v) is 18.1. The van der Waals surface area contributed by atoms with Crippen molar-refractivity contribution < 1.29 is 19.4 Å². The Hall–Kier alpha value is -4.26. The van der Waals surface area contributed by atoms with Crippen molar-refractivity contribution in [1.82, 2.24) is 14.0 Å². The van der Waals surface area contributed by atoms with E-state index in [0.29, 0.717) is 28.4 Å². The number of amides is 2. The first kappa shape index (κ1) is 22.0. The molecule has 2 aromatic carbocycles. The second-order valence-corrected chi connectivity index (χ2v) is 8.24. The smallest absolute Gasteiger partial charge is 0.295 e. The first-order chi connectivity index (χ1) is 15.6. The number of aryl methyl sites for hydroxylation is 2. The number of nitro benzene ring substituents is 2. The summed E-state index contributed by atoms with van der Waals surface area (Å²) < 4.78 is 2.61. The maximum atomic E-state index is 12.8. The van der Waals surface area contributed by atoms with E-state index < -0.39 is 21.0 Å². The van der Waals surface area contributed by atoms with Gasteiger partial charge in [-0.1, -0.05) is 12.1 Å². The van der Waals surface area contributed by atoms with Gasteiger partial charge in [0.1, 0.15) is 0 Å². The molecule has 0 N–H and O–H groups in total. The van der Waals surface area contributed by atoms with Gasteiger partial charge < -0.3 is 0 Å². The lowest BCUT2D eigenvalue weighted by Crippen LogP contribution is -2.27. The number of aromatic nitrogens is 2. The quantitative estimate of drug-likeness (QED) is 0.314. The topological polar surface area (TPSA) is 151 Å². The number of benzene rings is 2. The molecule has 0 spiro atoms. The molecule has 1 fully saturated rings. The second-order valence-electron chi connectivity index (χ2n) is 7.25. The van der Waals surface area contributed by atoms with Crippen molar-refractivity contribution in [2.24, 2.45) is 14.1 Å². The number of imidazole rings is 1. The van der Waals surface area contributed by atoms with E-state index in [1.54, 1.807) is 0 Å². The van der Waals surface area contributed by atoms with Gasteiger partial charge >= 0.3 is 5.69 Å². The molecule has 1 aromatic heterocycles. The number of rotatable bonds is 5. The minimum absolute atomic E-state index is 0.00899. The highest BCUT2D eigenvalue weighted by Gasteiger charge is 2.35. The van der Waals surface area contributed by atoms with Crippen LogP contribution in [0.25, 0.3) is 17.1 Å². The first-order valence-corrected chi connectivity index (χ1v) is 10.2. The number of carbonyl (C=O) groups is 2. The number of thioether (sulfide) groups is 1. The molecule has 12 nitrogen and oxygen atoms in total. The van der Waals surface area contributed by atoms with Crippen molar-refractivity contribution >= 4 is 51.4 Å². The molecule has 0 saturated carbocycles. The van der Waals surface area contributed by atoms with Crippen molar-refractivity contribution in [2.75, 3.05) is 0 Å². The Balaban J connectivity index is 1.70. The fourth-order valence-corrected chi connectivity index (χ4v) is 4.34. The molecule has 1 saturated heterocycles. The average Bonchev–Trinajstić information content (AvgIpc) is 3.15. The van der Waals surface area contributed by atoms with Crippen LogP contribution in [0.2, 0.25) is 0 Å². The van der Waals surface area contributed by atoms with Gasteiger partial charge in [-0.2, -0.15) is 0 Å². The molecule has 13 heteroatoms. The fourth-order valence-electron chi connectivity index (χ4n) is 3.51. The number of imide groups is 1. The van der Waals surface area contributed by atoms with Gasteiger partial charge in [-0.25, -0.2) is 4.79 Å². The molecule has 0 bridgehead atoms. The van der Waals surface area contributed by atoms with Gasteiger partial charge in [-0.05, 0) is 29.5 Å². The zero-order valence-electron chi connectivity index (χ0n) is 17.3. The van der Waals surface area contributed by atoms with Crippen LogP contribution < -0.4 is 5.69 Å². The highest BCUT2D eigenvalue weighted by atomic mass is 32.2. The van der Waals surface area contributed by atoms with Crippen LogP contribution in [0.15, 0.2) is 46.1 Å². The fraction of sp³-hybridized carbons (Fsp3) is 0.150. The molecular weight excluding hydrogens is 454 g/mol. The van der Waals surface area contributed by atoms with E-state index in [-0.39, 0.29) is 34.1 Å². The summed E-state index contributed by atoms with van der Waals surface area (Å²) in [6, 6.07) is 8.11. The summed E-state index contributed by atoms with van der Waals surface area (Å²) in [5.41, 5.74) is 0.587.